The lowest BCUT2D eigenvalue weighted by Crippen LogP contribution is -2.42. The minimum atomic E-state index is -1.25. The van der Waals surface area contributed by atoms with Gasteiger partial charge < -0.3 is 20.1 Å². The quantitative estimate of drug-likeness (QED) is 0.432. The summed E-state index contributed by atoms with van der Waals surface area (Å²) in [5.41, 5.74) is -0.0897. The number of anilines is 1. The lowest BCUT2D eigenvalue weighted by molar-refractivity contribution is -0.155. The summed E-state index contributed by atoms with van der Waals surface area (Å²) in [6, 6.07) is 10.2. The molecule has 4 amide bonds. The van der Waals surface area contributed by atoms with Gasteiger partial charge in [0.2, 0.25) is 0 Å². The number of ether oxygens (including phenoxy) is 2. The van der Waals surface area contributed by atoms with Gasteiger partial charge in [-0.2, -0.15) is 0 Å². The highest BCUT2D eigenvalue weighted by Crippen LogP contribution is 2.36. The van der Waals surface area contributed by atoms with Crippen molar-refractivity contribution in [2.45, 2.75) is 39.3 Å². The summed E-state index contributed by atoms with van der Waals surface area (Å²) in [4.78, 5) is 63.0. The minimum absolute atomic E-state index is 0.163. The number of thiophene rings is 1. The molecule has 1 aliphatic heterocycles. The summed E-state index contributed by atoms with van der Waals surface area (Å²) in [6.07, 6.45) is -1.25. The smallest absolute Gasteiger partial charge is 0.341 e. The second-order valence-corrected chi connectivity index (χ2v) is 9.06. The summed E-state index contributed by atoms with van der Waals surface area (Å²) < 4.78 is 10.2. The van der Waals surface area contributed by atoms with Crippen molar-refractivity contribution in [3.05, 3.63) is 42.0 Å². The van der Waals surface area contributed by atoms with E-state index >= 15 is 0 Å². The summed E-state index contributed by atoms with van der Waals surface area (Å²) in [7, 11) is 0. The summed E-state index contributed by atoms with van der Waals surface area (Å²) >= 11 is 1.18. The summed E-state index contributed by atoms with van der Waals surface area (Å²) in [5, 5.41) is 5.32. The van der Waals surface area contributed by atoms with E-state index in [1.807, 2.05) is 30.3 Å². The standard InChI is InChI=1S/C23H25N3O7S/c1-5-32-20(29)15-11-16(14-9-7-6-8-10-14)34-19(15)24-18(28)13(2)33-17(27)12-26-21(30)23(3,4)25-22(26)31/h6-11,13H,5,12H2,1-4H3,(H,24,28)(H,25,31)/t13-/m0/s1. The van der Waals surface area contributed by atoms with Gasteiger partial charge in [-0.05, 0) is 39.3 Å². The maximum Gasteiger partial charge on any atom is 0.341 e. The van der Waals surface area contributed by atoms with E-state index in [1.54, 1.807) is 13.0 Å². The van der Waals surface area contributed by atoms with Crippen LogP contribution in [-0.2, 0) is 23.9 Å². The molecule has 3 rings (SSSR count). The predicted octanol–water partition coefficient (Wildman–Crippen LogP) is 2.79. The van der Waals surface area contributed by atoms with Gasteiger partial charge >= 0.3 is 18.0 Å². The molecule has 0 aliphatic carbocycles. The number of urea groups is 1. The Morgan fingerprint density at radius 3 is 2.44 bits per heavy atom. The Morgan fingerprint density at radius 2 is 1.85 bits per heavy atom. The Kier molecular flexibility index (Phi) is 7.35. The summed E-state index contributed by atoms with van der Waals surface area (Å²) in [5.74, 6) is -2.77. The number of rotatable bonds is 8. The Bertz CT molecular complexity index is 1130. The van der Waals surface area contributed by atoms with Crippen molar-refractivity contribution in [3.63, 3.8) is 0 Å². The number of carbonyl (C=O) groups excluding carboxylic acids is 5. The number of nitrogens with zero attached hydrogens (tertiary/aromatic N) is 1. The molecule has 2 aromatic rings. The number of esters is 2. The molecule has 180 valence electrons. The Hall–Kier alpha value is -3.73. The molecule has 1 atom stereocenters. The van der Waals surface area contributed by atoms with Crippen LogP contribution < -0.4 is 10.6 Å². The average molecular weight is 488 g/mol. The fraction of sp³-hybridized carbons (Fsp3) is 0.348. The monoisotopic (exact) mass is 487 g/mol. The fourth-order valence-corrected chi connectivity index (χ4v) is 4.24. The van der Waals surface area contributed by atoms with Gasteiger partial charge in [0, 0.05) is 4.88 Å². The first-order valence-corrected chi connectivity index (χ1v) is 11.4. The molecule has 34 heavy (non-hydrogen) atoms. The van der Waals surface area contributed by atoms with Crippen molar-refractivity contribution >= 4 is 46.1 Å². The van der Waals surface area contributed by atoms with Crippen molar-refractivity contribution in [1.82, 2.24) is 10.2 Å². The van der Waals surface area contributed by atoms with Crippen LogP contribution in [0.5, 0.6) is 0 Å². The highest BCUT2D eigenvalue weighted by Gasteiger charge is 2.45. The molecule has 0 radical (unpaired) electrons. The average Bonchev–Trinajstić information content (AvgIpc) is 3.28. The number of carbonyl (C=O) groups is 5. The molecule has 1 aromatic heterocycles. The van der Waals surface area contributed by atoms with E-state index in [0.717, 1.165) is 15.3 Å². The van der Waals surface area contributed by atoms with Gasteiger partial charge in [-0.3, -0.25) is 19.3 Å². The maximum atomic E-state index is 12.7. The zero-order chi connectivity index (χ0) is 25.0. The van der Waals surface area contributed by atoms with Gasteiger partial charge in [-0.15, -0.1) is 11.3 Å². The number of hydrogen-bond donors (Lipinski definition) is 2. The molecule has 1 fully saturated rings. The van der Waals surface area contributed by atoms with E-state index in [0.29, 0.717) is 0 Å². The number of imide groups is 1. The normalized spacial score (nSPS) is 15.5. The van der Waals surface area contributed by atoms with Crippen LogP contribution in [0.15, 0.2) is 36.4 Å². The molecule has 0 spiro atoms. The molecule has 0 bridgehead atoms. The van der Waals surface area contributed by atoms with Crippen LogP contribution in [0.25, 0.3) is 10.4 Å². The van der Waals surface area contributed by atoms with E-state index in [4.69, 9.17) is 9.47 Å². The largest absolute Gasteiger partial charge is 0.462 e. The molecule has 10 nitrogen and oxygen atoms in total. The lowest BCUT2D eigenvalue weighted by atomic mass is 10.1. The third kappa shape index (κ3) is 5.42. The first-order valence-electron chi connectivity index (χ1n) is 10.5. The molecule has 2 heterocycles. The van der Waals surface area contributed by atoms with Gasteiger partial charge in [-0.25, -0.2) is 9.59 Å². The first kappa shape index (κ1) is 24.9. The number of benzene rings is 1. The molecule has 11 heteroatoms. The van der Waals surface area contributed by atoms with Crippen LogP contribution in [0.1, 0.15) is 38.1 Å². The molecule has 0 saturated carbocycles. The molecular formula is C23H25N3O7S. The zero-order valence-electron chi connectivity index (χ0n) is 19.2. The van der Waals surface area contributed by atoms with Gasteiger partial charge in [0.15, 0.2) is 6.10 Å². The van der Waals surface area contributed by atoms with E-state index in [-0.39, 0.29) is 17.2 Å². The second-order valence-electron chi connectivity index (χ2n) is 8.01. The topological polar surface area (TPSA) is 131 Å². The van der Waals surface area contributed by atoms with E-state index < -0.39 is 48.0 Å². The van der Waals surface area contributed by atoms with Crippen LogP contribution in [0, 0.1) is 0 Å². The second kappa shape index (κ2) is 10.0. The maximum absolute atomic E-state index is 12.7. The highest BCUT2D eigenvalue weighted by molar-refractivity contribution is 7.20. The van der Waals surface area contributed by atoms with Crippen LogP contribution in [0.4, 0.5) is 9.80 Å². The molecule has 2 N–H and O–H groups in total. The zero-order valence-corrected chi connectivity index (χ0v) is 20.0. The van der Waals surface area contributed by atoms with Gasteiger partial charge in [-0.1, -0.05) is 30.3 Å². The predicted molar refractivity (Wildman–Crippen MR) is 124 cm³/mol. The van der Waals surface area contributed by atoms with E-state index in [2.05, 4.69) is 10.6 Å². The molecular weight excluding hydrogens is 462 g/mol. The Balaban J connectivity index is 1.70. The van der Waals surface area contributed by atoms with Crippen molar-refractivity contribution in [2.24, 2.45) is 0 Å². The highest BCUT2D eigenvalue weighted by atomic mass is 32.1. The Labute approximate surface area is 200 Å². The van der Waals surface area contributed by atoms with Crippen molar-refractivity contribution < 1.29 is 33.4 Å². The number of hydrogen-bond acceptors (Lipinski definition) is 8. The number of nitrogens with one attached hydrogen (secondary N) is 2. The lowest BCUT2D eigenvalue weighted by Gasteiger charge is -2.17. The Morgan fingerprint density at radius 1 is 1.18 bits per heavy atom. The first-order chi connectivity index (χ1) is 16.0. The van der Waals surface area contributed by atoms with Gasteiger partial charge in [0.25, 0.3) is 11.8 Å². The SMILES string of the molecule is CCOC(=O)c1cc(-c2ccccc2)sc1NC(=O)[C@H](C)OC(=O)CN1C(=O)NC(C)(C)C1=O. The third-order valence-corrected chi connectivity index (χ3v) is 6.03. The minimum Gasteiger partial charge on any atom is -0.462 e. The van der Waals surface area contributed by atoms with Gasteiger partial charge in [0.1, 0.15) is 17.1 Å². The fourth-order valence-electron chi connectivity index (χ4n) is 3.18. The molecule has 0 unspecified atom stereocenters. The molecule has 1 saturated heterocycles. The van der Waals surface area contributed by atoms with Crippen molar-refractivity contribution in [1.29, 1.82) is 0 Å². The molecule has 1 aliphatic rings. The van der Waals surface area contributed by atoms with E-state index in [9.17, 15) is 24.0 Å². The number of amides is 4. The van der Waals surface area contributed by atoms with Gasteiger partial charge in [0.05, 0.1) is 12.2 Å². The van der Waals surface area contributed by atoms with Crippen LogP contribution in [0.2, 0.25) is 0 Å². The van der Waals surface area contributed by atoms with Crippen molar-refractivity contribution in [3.8, 4) is 10.4 Å². The van der Waals surface area contributed by atoms with Crippen LogP contribution in [0.3, 0.4) is 0 Å². The van der Waals surface area contributed by atoms with E-state index in [1.165, 1.54) is 32.1 Å². The van der Waals surface area contributed by atoms with Crippen LogP contribution in [-0.4, -0.2) is 59.5 Å². The van der Waals surface area contributed by atoms with Crippen LogP contribution >= 0.6 is 11.3 Å². The molecule has 1 aromatic carbocycles. The van der Waals surface area contributed by atoms with Crippen molar-refractivity contribution in [2.75, 3.05) is 18.5 Å². The third-order valence-electron chi connectivity index (χ3n) is 4.93. The summed E-state index contributed by atoms with van der Waals surface area (Å²) in [6.45, 7) is 5.59.